The van der Waals surface area contributed by atoms with Gasteiger partial charge in [-0.25, -0.2) is 4.98 Å². The Bertz CT molecular complexity index is 215. The summed E-state index contributed by atoms with van der Waals surface area (Å²) in [5, 5.41) is 0. The van der Waals surface area contributed by atoms with Crippen LogP contribution in [0.1, 0.15) is 5.69 Å². The molecule has 0 amide bonds. The molecule has 0 N–H and O–H groups in total. The van der Waals surface area contributed by atoms with Crippen LogP contribution in [0.4, 0.5) is 0 Å². The Balaban J connectivity index is 2.75. The summed E-state index contributed by atoms with van der Waals surface area (Å²) in [5.74, 6) is 0.851. The van der Waals surface area contributed by atoms with Crippen LogP contribution in [0.5, 0.6) is 0 Å². The summed E-state index contributed by atoms with van der Waals surface area (Å²) in [7, 11) is 0. The predicted molar refractivity (Wildman–Crippen MR) is 49.5 cm³/mol. The molecule has 0 aliphatic heterocycles. The number of aryl methyl sites for hydroxylation is 1. The van der Waals surface area contributed by atoms with Crippen LogP contribution in [0.15, 0.2) is 22.8 Å². The molecule has 1 rings (SSSR count). The lowest BCUT2D eigenvalue weighted by atomic mass is 10.3. The molecule has 10 heavy (non-hydrogen) atoms. The van der Waals surface area contributed by atoms with Gasteiger partial charge in [0.25, 0.3) is 0 Å². The molecule has 0 saturated heterocycles. The molecule has 0 spiro atoms. The summed E-state index contributed by atoms with van der Waals surface area (Å²) < 4.78 is 0.895. The van der Waals surface area contributed by atoms with E-state index in [4.69, 9.17) is 0 Å². The Kier molecular flexibility index (Phi) is 3.22. The second-order valence-corrected chi connectivity index (χ2v) is 3.18. The van der Waals surface area contributed by atoms with Crippen molar-refractivity contribution >= 4 is 28.6 Å². The van der Waals surface area contributed by atoms with Crippen LogP contribution in [0, 0.1) is 0 Å². The molecule has 1 aromatic heterocycles. The molecular weight excluding hydrogens is 210 g/mol. The minimum atomic E-state index is 0.851. The number of thiol groups is 1. The summed E-state index contributed by atoms with van der Waals surface area (Å²) in [6.07, 6.45) is 0.933. The molecule has 3 heteroatoms. The first kappa shape index (κ1) is 8.08. The molecule has 1 heterocycles. The number of rotatable bonds is 2. The maximum atomic E-state index is 4.23. The Morgan fingerprint density at radius 2 is 2.30 bits per heavy atom. The Morgan fingerprint density at radius 1 is 1.50 bits per heavy atom. The van der Waals surface area contributed by atoms with Crippen LogP contribution in [-0.4, -0.2) is 10.7 Å². The van der Waals surface area contributed by atoms with Crippen molar-refractivity contribution in [2.45, 2.75) is 6.42 Å². The van der Waals surface area contributed by atoms with Crippen molar-refractivity contribution in [1.29, 1.82) is 0 Å². The van der Waals surface area contributed by atoms with E-state index in [1.165, 1.54) is 0 Å². The molecule has 0 aromatic carbocycles. The molecule has 0 unspecified atom stereocenters. The Labute approximate surface area is 74.4 Å². The standard InChI is InChI=1S/C7H8BrNS/c8-7-3-1-2-6(9-7)4-5-10/h1-3,10H,4-5H2. The molecule has 0 atom stereocenters. The first-order valence-electron chi connectivity index (χ1n) is 3.05. The highest BCUT2D eigenvalue weighted by molar-refractivity contribution is 9.10. The van der Waals surface area contributed by atoms with Crippen molar-refractivity contribution in [3.63, 3.8) is 0 Å². The third-order valence-corrected chi connectivity index (χ3v) is 1.81. The SMILES string of the molecule is SCCc1cccc(Br)n1. The first-order valence-corrected chi connectivity index (χ1v) is 4.48. The number of nitrogens with zero attached hydrogens (tertiary/aromatic N) is 1. The summed E-state index contributed by atoms with van der Waals surface area (Å²) in [5.41, 5.74) is 1.09. The highest BCUT2D eigenvalue weighted by atomic mass is 79.9. The highest BCUT2D eigenvalue weighted by Gasteiger charge is 1.91. The minimum Gasteiger partial charge on any atom is -0.246 e. The van der Waals surface area contributed by atoms with Crippen molar-refractivity contribution < 1.29 is 0 Å². The minimum absolute atomic E-state index is 0.851. The van der Waals surface area contributed by atoms with E-state index in [1.807, 2.05) is 18.2 Å². The maximum Gasteiger partial charge on any atom is 0.106 e. The van der Waals surface area contributed by atoms with Crippen molar-refractivity contribution in [3.8, 4) is 0 Å². The zero-order valence-electron chi connectivity index (χ0n) is 5.42. The van der Waals surface area contributed by atoms with E-state index in [9.17, 15) is 0 Å². The maximum absolute atomic E-state index is 4.23. The van der Waals surface area contributed by atoms with Crippen molar-refractivity contribution in [2.75, 3.05) is 5.75 Å². The van der Waals surface area contributed by atoms with Crippen LogP contribution in [0.3, 0.4) is 0 Å². The van der Waals surface area contributed by atoms with Gasteiger partial charge in [0.1, 0.15) is 4.60 Å². The normalized spacial score (nSPS) is 9.80. The van der Waals surface area contributed by atoms with Crippen molar-refractivity contribution in [1.82, 2.24) is 4.98 Å². The molecule has 0 fully saturated rings. The van der Waals surface area contributed by atoms with Gasteiger partial charge in [-0.05, 0) is 40.2 Å². The third-order valence-electron chi connectivity index (χ3n) is 1.14. The second-order valence-electron chi connectivity index (χ2n) is 1.93. The van der Waals surface area contributed by atoms with Gasteiger partial charge in [-0.3, -0.25) is 0 Å². The summed E-state index contributed by atoms with van der Waals surface area (Å²) in [6, 6.07) is 5.90. The van der Waals surface area contributed by atoms with E-state index in [2.05, 4.69) is 33.5 Å². The van der Waals surface area contributed by atoms with Crippen LogP contribution in [0.25, 0.3) is 0 Å². The quantitative estimate of drug-likeness (QED) is 0.593. The molecule has 1 aromatic rings. The van der Waals surface area contributed by atoms with Crippen LogP contribution in [-0.2, 0) is 6.42 Å². The van der Waals surface area contributed by atoms with Gasteiger partial charge >= 0.3 is 0 Å². The number of pyridine rings is 1. The van der Waals surface area contributed by atoms with E-state index in [-0.39, 0.29) is 0 Å². The van der Waals surface area contributed by atoms with Gasteiger partial charge in [0.15, 0.2) is 0 Å². The molecule has 0 aliphatic rings. The molecule has 0 bridgehead atoms. The molecule has 0 saturated carbocycles. The van der Waals surface area contributed by atoms with Crippen molar-refractivity contribution in [2.24, 2.45) is 0 Å². The average Bonchev–Trinajstić information content (AvgIpc) is 1.88. The fourth-order valence-electron chi connectivity index (χ4n) is 0.704. The van der Waals surface area contributed by atoms with Gasteiger partial charge in [0.05, 0.1) is 0 Å². The van der Waals surface area contributed by atoms with E-state index in [0.717, 1.165) is 22.5 Å². The number of hydrogen-bond donors (Lipinski definition) is 1. The Morgan fingerprint density at radius 3 is 2.90 bits per heavy atom. The van der Waals surface area contributed by atoms with E-state index < -0.39 is 0 Å². The van der Waals surface area contributed by atoms with Gasteiger partial charge in [-0.15, -0.1) is 0 Å². The topological polar surface area (TPSA) is 12.9 Å². The average molecular weight is 218 g/mol. The molecule has 0 aliphatic carbocycles. The Hall–Kier alpha value is -0.0200. The summed E-state index contributed by atoms with van der Waals surface area (Å²) in [6.45, 7) is 0. The molecular formula is C7H8BrNS. The third kappa shape index (κ3) is 2.31. The van der Waals surface area contributed by atoms with Crippen LogP contribution >= 0.6 is 28.6 Å². The van der Waals surface area contributed by atoms with Gasteiger partial charge in [-0.1, -0.05) is 6.07 Å². The van der Waals surface area contributed by atoms with Crippen LogP contribution < -0.4 is 0 Å². The largest absolute Gasteiger partial charge is 0.246 e. The number of halogens is 1. The van der Waals surface area contributed by atoms with Gasteiger partial charge in [0.2, 0.25) is 0 Å². The zero-order valence-corrected chi connectivity index (χ0v) is 7.90. The predicted octanol–water partition coefficient (Wildman–Crippen LogP) is 2.32. The van der Waals surface area contributed by atoms with Gasteiger partial charge in [0, 0.05) is 5.69 Å². The van der Waals surface area contributed by atoms with Crippen LogP contribution in [0.2, 0.25) is 0 Å². The monoisotopic (exact) mass is 217 g/mol. The smallest absolute Gasteiger partial charge is 0.106 e. The lowest BCUT2D eigenvalue weighted by Gasteiger charge is -1.95. The molecule has 1 nitrogen and oxygen atoms in total. The lowest BCUT2D eigenvalue weighted by Crippen LogP contribution is -1.89. The summed E-state index contributed by atoms with van der Waals surface area (Å²) >= 11 is 7.41. The lowest BCUT2D eigenvalue weighted by molar-refractivity contribution is 1.03. The number of aromatic nitrogens is 1. The molecule has 54 valence electrons. The number of hydrogen-bond acceptors (Lipinski definition) is 2. The van der Waals surface area contributed by atoms with E-state index in [0.29, 0.717) is 0 Å². The van der Waals surface area contributed by atoms with Gasteiger partial charge < -0.3 is 0 Å². The van der Waals surface area contributed by atoms with E-state index >= 15 is 0 Å². The summed E-state index contributed by atoms with van der Waals surface area (Å²) in [4.78, 5) is 4.23. The first-order chi connectivity index (χ1) is 4.83. The fraction of sp³-hybridized carbons (Fsp3) is 0.286. The van der Waals surface area contributed by atoms with Gasteiger partial charge in [-0.2, -0.15) is 12.6 Å². The fourth-order valence-corrected chi connectivity index (χ4v) is 1.31. The van der Waals surface area contributed by atoms with Crippen molar-refractivity contribution in [3.05, 3.63) is 28.5 Å². The molecule has 0 radical (unpaired) electrons. The zero-order chi connectivity index (χ0) is 7.40. The second kappa shape index (κ2) is 3.98. The highest BCUT2D eigenvalue weighted by Crippen LogP contribution is 2.06. The van der Waals surface area contributed by atoms with E-state index in [1.54, 1.807) is 0 Å².